The number of hydrogen-bond acceptors (Lipinski definition) is 8. The van der Waals surface area contributed by atoms with Gasteiger partial charge in [-0.15, -0.1) is 0 Å². The lowest BCUT2D eigenvalue weighted by molar-refractivity contribution is -0.0425. The Morgan fingerprint density at radius 3 is 2.45 bits per heavy atom. The summed E-state index contributed by atoms with van der Waals surface area (Å²) in [6.07, 6.45) is -2.21. The molecule has 3 heterocycles. The van der Waals surface area contributed by atoms with Gasteiger partial charge in [-0.2, -0.15) is 4.98 Å². The lowest BCUT2D eigenvalue weighted by Gasteiger charge is -2.17. The van der Waals surface area contributed by atoms with E-state index in [1.165, 1.54) is 12.1 Å². The van der Waals surface area contributed by atoms with Gasteiger partial charge in [0.15, 0.2) is 11.2 Å². The number of hydrogen-bond donors (Lipinski definition) is 5. The number of anilines is 3. The first kappa shape index (κ1) is 21.1. The van der Waals surface area contributed by atoms with Gasteiger partial charge in [-0.25, -0.2) is 9.37 Å². The Labute approximate surface area is 186 Å². The minimum absolute atomic E-state index is 0.0557. The Kier molecular flexibility index (Phi) is 5.29. The van der Waals surface area contributed by atoms with Crippen molar-refractivity contribution in [1.82, 2.24) is 19.5 Å². The van der Waals surface area contributed by atoms with Crippen molar-refractivity contribution < 1.29 is 19.3 Å². The average Bonchev–Trinajstić information content (AvgIpc) is 3.34. The molecule has 1 aliphatic heterocycles. The third-order valence-electron chi connectivity index (χ3n) is 5.56. The third kappa shape index (κ3) is 3.93. The molecule has 2 aromatic heterocycles. The predicted molar refractivity (Wildman–Crippen MR) is 119 cm³/mol. The topological polar surface area (TPSA) is 151 Å². The molecule has 0 bridgehead atoms. The van der Waals surface area contributed by atoms with Gasteiger partial charge < -0.3 is 26.0 Å². The average molecular weight is 452 g/mol. The fourth-order valence-corrected chi connectivity index (χ4v) is 3.92. The van der Waals surface area contributed by atoms with Gasteiger partial charge in [0.1, 0.15) is 18.1 Å². The van der Waals surface area contributed by atoms with Crippen molar-refractivity contribution in [3.05, 3.63) is 64.7 Å². The van der Waals surface area contributed by atoms with Crippen LogP contribution in [-0.2, 0) is 4.74 Å². The van der Waals surface area contributed by atoms with E-state index in [4.69, 9.17) is 10.5 Å². The van der Waals surface area contributed by atoms with Crippen molar-refractivity contribution in [2.45, 2.75) is 24.9 Å². The maximum atomic E-state index is 13.2. The van der Waals surface area contributed by atoms with Gasteiger partial charge in [-0.3, -0.25) is 14.3 Å². The number of halogens is 1. The van der Waals surface area contributed by atoms with E-state index in [0.29, 0.717) is 5.69 Å². The number of nitrogens with zero attached hydrogens (tertiary/aromatic N) is 3. The molecule has 6 N–H and O–H groups in total. The SMILES string of the molecule is Nc1nc2c(nc(Nc3ccc(-c4ccc(F)cc4)cc3)n2[C@H]2C[C@H](O)[C@@H](CO)O2)c(=O)[nH]1. The summed E-state index contributed by atoms with van der Waals surface area (Å²) in [5.41, 5.74) is 7.90. The van der Waals surface area contributed by atoms with Gasteiger partial charge in [-0.1, -0.05) is 24.3 Å². The molecule has 0 amide bonds. The first-order chi connectivity index (χ1) is 15.9. The molecule has 10 nitrogen and oxygen atoms in total. The summed E-state index contributed by atoms with van der Waals surface area (Å²) in [5.74, 6) is -0.122. The number of imidazole rings is 1. The van der Waals surface area contributed by atoms with Crippen LogP contribution in [0, 0.1) is 5.82 Å². The molecule has 0 saturated carbocycles. The Hall–Kier alpha value is -3.80. The summed E-state index contributed by atoms with van der Waals surface area (Å²) < 4.78 is 20.5. The molecule has 0 radical (unpaired) electrons. The van der Waals surface area contributed by atoms with E-state index >= 15 is 0 Å². The standard InChI is InChI=1S/C22H21FN6O4/c23-13-5-1-11(2-6-13)12-3-7-14(8-4-12)25-22-26-18-19(27-21(24)28-20(18)32)29(22)17-9-15(31)16(10-30)33-17/h1-8,15-17,30-31H,9-10H2,(H,25,26)(H3,24,27,28,32)/t15-,16+,17+/m0/s1. The quantitative estimate of drug-likeness (QED) is 0.308. The molecule has 1 fully saturated rings. The first-order valence-electron chi connectivity index (χ1n) is 10.3. The molecule has 0 unspecified atom stereocenters. The lowest BCUT2D eigenvalue weighted by atomic mass is 10.1. The number of ether oxygens (including phenoxy) is 1. The second-order valence-corrected chi connectivity index (χ2v) is 7.75. The van der Waals surface area contributed by atoms with Crippen molar-refractivity contribution in [1.29, 1.82) is 0 Å². The van der Waals surface area contributed by atoms with Gasteiger partial charge in [0, 0.05) is 12.1 Å². The summed E-state index contributed by atoms with van der Waals surface area (Å²) in [4.78, 5) is 23.4. The molecule has 11 heteroatoms. The largest absolute Gasteiger partial charge is 0.394 e. The van der Waals surface area contributed by atoms with Gasteiger partial charge >= 0.3 is 0 Å². The number of aromatic nitrogens is 4. The molecule has 5 rings (SSSR count). The normalized spacial score (nSPS) is 20.4. The van der Waals surface area contributed by atoms with E-state index in [9.17, 15) is 19.4 Å². The molecule has 3 atom stereocenters. The van der Waals surface area contributed by atoms with Crippen LogP contribution in [0.2, 0.25) is 0 Å². The summed E-state index contributed by atoms with van der Waals surface area (Å²) in [6, 6.07) is 13.5. The minimum atomic E-state index is -0.889. The van der Waals surface area contributed by atoms with Gasteiger partial charge in [0.2, 0.25) is 11.9 Å². The van der Waals surface area contributed by atoms with Crippen LogP contribution in [-0.4, -0.2) is 48.5 Å². The van der Waals surface area contributed by atoms with Crippen LogP contribution in [0.5, 0.6) is 0 Å². The number of aliphatic hydroxyl groups excluding tert-OH is 2. The van der Waals surface area contributed by atoms with Crippen LogP contribution < -0.4 is 16.6 Å². The second kappa shape index (κ2) is 8.28. The number of nitrogen functional groups attached to an aromatic ring is 1. The van der Waals surface area contributed by atoms with Crippen LogP contribution in [0.15, 0.2) is 53.3 Å². The lowest BCUT2D eigenvalue weighted by Crippen LogP contribution is -2.24. The summed E-state index contributed by atoms with van der Waals surface area (Å²) in [7, 11) is 0. The van der Waals surface area contributed by atoms with Crippen LogP contribution in [0.3, 0.4) is 0 Å². The predicted octanol–water partition coefficient (Wildman–Crippen LogP) is 1.89. The zero-order chi connectivity index (χ0) is 23.1. The number of benzene rings is 2. The maximum absolute atomic E-state index is 13.2. The highest BCUT2D eigenvalue weighted by Crippen LogP contribution is 2.34. The molecule has 33 heavy (non-hydrogen) atoms. The zero-order valence-electron chi connectivity index (χ0n) is 17.3. The number of nitrogens with two attached hydrogens (primary N) is 1. The monoisotopic (exact) mass is 452 g/mol. The van der Waals surface area contributed by atoms with Crippen molar-refractivity contribution in [2.75, 3.05) is 17.7 Å². The highest BCUT2D eigenvalue weighted by atomic mass is 19.1. The first-order valence-corrected chi connectivity index (χ1v) is 10.3. The van der Waals surface area contributed by atoms with Crippen molar-refractivity contribution in [2.24, 2.45) is 0 Å². The molecule has 1 aliphatic rings. The molecule has 170 valence electrons. The van der Waals surface area contributed by atoms with Crippen LogP contribution in [0.1, 0.15) is 12.6 Å². The fourth-order valence-electron chi connectivity index (χ4n) is 3.92. The van der Waals surface area contributed by atoms with Gasteiger partial charge in [0.25, 0.3) is 5.56 Å². The van der Waals surface area contributed by atoms with E-state index in [-0.39, 0.29) is 41.9 Å². The molecule has 2 aromatic carbocycles. The Morgan fingerprint density at radius 2 is 1.82 bits per heavy atom. The highest BCUT2D eigenvalue weighted by molar-refractivity contribution is 5.76. The van der Waals surface area contributed by atoms with E-state index in [1.54, 1.807) is 16.7 Å². The van der Waals surface area contributed by atoms with Crippen molar-refractivity contribution in [3.63, 3.8) is 0 Å². The Bertz CT molecular complexity index is 1350. The molecular weight excluding hydrogens is 431 g/mol. The van der Waals surface area contributed by atoms with E-state index in [0.717, 1.165) is 11.1 Å². The van der Waals surface area contributed by atoms with Crippen molar-refractivity contribution >= 4 is 28.7 Å². The van der Waals surface area contributed by atoms with Crippen LogP contribution in [0.4, 0.5) is 22.0 Å². The molecule has 4 aromatic rings. The molecular formula is C22H21FN6O4. The second-order valence-electron chi connectivity index (χ2n) is 7.75. The van der Waals surface area contributed by atoms with Gasteiger partial charge in [-0.05, 0) is 35.4 Å². The smallest absolute Gasteiger partial charge is 0.280 e. The number of nitrogens with one attached hydrogen (secondary N) is 2. The summed E-state index contributed by atoms with van der Waals surface area (Å²) in [6.45, 7) is -0.353. The molecule has 0 spiro atoms. The minimum Gasteiger partial charge on any atom is -0.394 e. The third-order valence-corrected chi connectivity index (χ3v) is 5.56. The fraction of sp³-hybridized carbons (Fsp3) is 0.227. The number of fused-ring (bicyclic) bond motifs is 1. The highest BCUT2D eigenvalue weighted by Gasteiger charge is 2.37. The van der Waals surface area contributed by atoms with Crippen LogP contribution >= 0.6 is 0 Å². The van der Waals surface area contributed by atoms with E-state index in [1.807, 2.05) is 24.3 Å². The molecule has 0 aliphatic carbocycles. The summed E-state index contributed by atoms with van der Waals surface area (Å²) >= 11 is 0. The number of aromatic amines is 1. The molecule has 1 saturated heterocycles. The van der Waals surface area contributed by atoms with Gasteiger partial charge in [0.05, 0.1) is 12.7 Å². The Morgan fingerprint density at radius 1 is 1.15 bits per heavy atom. The number of H-pyrrole nitrogens is 1. The maximum Gasteiger partial charge on any atom is 0.280 e. The van der Waals surface area contributed by atoms with Crippen LogP contribution in [0.25, 0.3) is 22.3 Å². The number of rotatable bonds is 5. The van der Waals surface area contributed by atoms with Crippen molar-refractivity contribution in [3.8, 4) is 11.1 Å². The Balaban J connectivity index is 1.52. The van der Waals surface area contributed by atoms with E-state index < -0.39 is 24.0 Å². The zero-order valence-corrected chi connectivity index (χ0v) is 17.3. The van der Waals surface area contributed by atoms with E-state index in [2.05, 4.69) is 20.3 Å². The number of aliphatic hydroxyl groups is 2. The summed E-state index contributed by atoms with van der Waals surface area (Å²) in [5, 5.41) is 22.8.